The monoisotopic (exact) mass is 402 g/mol. The predicted molar refractivity (Wildman–Crippen MR) is 81.2 cm³/mol. The van der Waals surface area contributed by atoms with Crippen LogP contribution in [0, 0.1) is 0 Å². The first-order chi connectivity index (χ1) is 10.1. The van der Waals surface area contributed by atoms with Crippen molar-refractivity contribution >= 4 is 39.6 Å². The van der Waals surface area contributed by atoms with Gasteiger partial charge >= 0.3 is 0 Å². The summed E-state index contributed by atoms with van der Waals surface area (Å²) in [5, 5.41) is 13.8. The Labute approximate surface area is 132 Å². The number of ether oxygens (including phenoxy) is 1. The molecule has 0 bridgehead atoms. The SMILES string of the molecule is [N-]=[N+]=N[C@]1(CI)O[C@@H](n2cnc3c(N)ncnc32)CC1O. The van der Waals surface area contributed by atoms with Gasteiger partial charge in [0.1, 0.15) is 18.1 Å². The number of hydrogen-bond donors (Lipinski definition) is 2. The summed E-state index contributed by atoms with van der Waals surface area (Å²) < 4.78 is 7.77. The van der Waals surface area contributed by atoms with E-state index < -0.39 is 18.1 Å². The molecule has 110 valence electrons. The van der Waals surface area contributed by atoms with Crippen LogP contribution in [-0.2, 0) is 4.74 Å². The van der Waals surface area contributed by atoms with Crippen molar-refractivity contribution in [3.8, 4) is 0 Å². The smallest absolute Gasteiger partial charge is 0.184 e. The molecule has 3 N–H and O–H groups in total. The number of alkyl halides is 1. The van der Waals surface area contributed by atoms with E-state index in [-0.39, 0.29) is 12.2 Å². The molecule has 3 heterocycles. The summed E-state index contributed by atoms with van der Waals surface area (Å²) in [6.45, 7) is 0. The fourth-order valence-electron chi connectivity index (χ4n) is 2.30. The molecule has 1 unspecified atom stereocenters. The van der Waals surface area contributed by atoms with E-state index in [1.165, 1.54) is 12.7 Å². The summed E-state index contributed by atoms with van der Waals surface area (Å²) in [6, 6.07) is 0. The number of anilines is 1. The van der Waals surface area contributed by atoms with Crippen LogP contribution in [0.2, 0.25) is 0 Å². The highest BCUT2D eigenvalue weighted by atomic mass is 127. The van der Waals surface area contributed by atoms with Crippen molar-refractivity contribution in [3.05, 3.63) is 23.1 Å². The molecular weight excluding hydrogens is 391 g/mol. The minimum Gasteiger partial charge on any atom is -0.390 e. The maximum absolute atomic E-state index is 10.2. The minimum atomic E-state index is -1.28. The van der Waals surface area contributed by atoms with E-state index in [0.717, 1.165) is 0 Å². The third kappa shape index (κ3) is 2.18. The number of aliphatic hydroxyl groups is 1. The Morgan fingerprint density at radius 3 is 3.14 bits per heavy atom. The molecule has 0 aromatic carbocycles. The molecule has 2 aromatic heterocycles. The lowest BCUT2D eigenvalue weighted by Gasteiger charge is -2.24. The standard InChI is InChI=1S/C10H11IN8O2/c11-2-10(17-18-13)5(20)1-6(21-10)19-4-16-7-8(12)14-3-15-9(7)19/h3-6,20H,1-2H2,(H2,12,14,15)/t5?,6-,10-/m1/s1. The van der Waals surface area contributed by atoms with Crippen molar-refractivity contribution in [2.75, 3.05) is 10.2 Å². The second kappa shape index (κ2) is 5.26. The van der Waals surface area contributed by atoms with Crippen LogP contribution in [0.5, 0.6) is 0 Å². The van der Waals surface area contributed by atoms with Gasteiger partial charge in [0.2, 0.25) is 0 Å². The Bertz CT molecular complexity index is 729. The molecule has 1 saturated heterocycles. The first-order valence-corrected chi connectivity index (χ1v) is 7.55. The van der Waals surface area contributed by atoms with Crippen LogP contribution < -0.4 is 5.73 Å². The van der Waals surface area contributed by atoms with E-state index in [1.807, 2.05) is 22.6 Å². The molecule has 0 spiro atoms. The molecule has 3 atom stereocenters. The lowest BCUT2D eigenvalue weighted by Crippen LogP contribution is -2.38. The number of fused-ring (bicyclic) bond motifs is 1. The van der Waals surface area contributed by atoms with Gasteiger partial charge in [0.15, 0.2) is 17.2 Å². The van der Waals surface area contributed by atoms with E-state index in [0.29, 0.717) is 15.6 Å². The molecular formula is C10H11IN8O2. The van der Waals surface area contributed by atoms with E-state index in [4.69, 9.17) is 16.0 Å². The quantitative estimate of drug-likeness (QED) is 0.259. The number of aromatic nitrogens is 4. The van der Waals surface area contributed by atoms with E-state index in [9.17, 15) is 5.11 Å². The minimum absolute atomic E-state index is 0.261. The van der Waals surface area contributed by atoms with Gasteiger partial charge < -0.3 is 15.6 Å². The first kappa shape index (κ1) is 14.3. The summed E-state index contributed by atoms with van der Waals surface area (Å²) >= 11 is 2.01. The van der Waals surface area contributed by atoms with Crippen LogP contribution in [0.3, 0.4) is 0 Å². The van der Waals surface area contributed by atoms with Crippen molar-refractivity contribution in [2.45, 2.75) is 24.5 Å². The summed E-state index contributed by atoms with van der Waals surface area (Å²) in [6.07, 6.45) is 1.66. The number of imidazole rings is 1. The van der Waals surface area contributed by atoms with Crippen LogP contribution in [0.1, 0.15) is 12.6 Å². The van der Waals surface area contributed by atoms with Crippen LogP contribution in [0.15, 0.2) is 17.8 Å². The highest BCUT2D eigenvalue weighted by molar-refractivity contribution is 14.1. The van der Waals surface area contributed by atoms with Crippen molar-refractivity contribution in [1.82, 2.24) is 19.5 Å². The number of hydrogen-bond acceptors (Lipinski definition) is 7. The van der Waals surface area contributed by atoms with E-state index >= 15 is 0 Å². The highest BCUT2D eigenvalue weighted by Gasteiger charge is 2.48. The second-order valence-corrected chi connectivity index (χ2v) is 5.34. The number of aliphatic hydroxyl groups excluding tert-OH is 1. The van der Waals surface area contributed by atoms with Gasteiger partial charge in [-0.15, -0.1) is 0 Å². The molecule has 0 radical (unpaired) electrons. The lowest BCUT2D eigenvalue weighted by molar-refractivity contribution is -0.0795. The molecule has 11 heteroatoms. The Balaban J connectivity index is 2.02. The summed E-state index contributed by atoms with van der Waals surface area (Å²) in [7, 11) is 0. The number of nitrogens with two attached hydrogens (primary N) is 1. The zero-order chi connectivity index (χ0) is 15.0. The number of rotatable bonds is 3. The van der Waals surface area contributed by atoms with Crippen molar-refractivity contribution in [3.63, 3.8) is 0 Å². The molecule has 21 heavy (non-hydrogen) atoms. The molecule has 1 aliphatic rings. The number of halogens is 1. The molecule has 0 amide bonds. The average molecular weight is 402 g/mol. The Hall–Kier alpha value is -1.69. The molecule has 1 aliphatic heterocycles. The molecule has 0 saturated carbocycles. The number of azide groups is 1. The van der Waals surface area contributed by atoms with Crippen molar-refractivity contribution < 1.29 is 9.84 Å². The molecule has 2 aromatic rings. The number of nitrogen functional groups attached to an aromatic ring is 1. The van der Waals surface area contributed by atoms with E-state index in [1.54, 1.807) is 4.57 Å². The Kier molecular flexibility index (Phi) is 3.57. The Morgan fingerprint density at radius 2 is 2.43 bits per heavy atom. The van der Waals surface area contributed by atoms with Crippen LogP contribution in [0.25, 0.3) is 21.6 Å². The predicted octanol–water partition coefficient (Wildman–Crippen LogP) is 1.13. The van der Waals surface area contributed by atoms with Gasteiger partial charge in [-0.1, -0.05) is 27.7 Å². The highest BCUT2D eigenvalue weighted by Crippen LogP contribution is 2.40. The maximum Gasteiger partial charge on any atom is 0.184 e. The van der Waals surface area contributed by atoms with Gasteiger partial charge in [-0.2, -0.15) is 0 Å². The molecule has 0 aliphatic carbocycles. The zero-order valence-electron chi connectivity index (χ0n) is 10.7. The van der Waals surface area contributed by atoms with Crippen molar-refractivity contribution in [2.24, 2.45) is 5.11 Å². The van der Waals surface area contributed by atoms with Gasteiger partial charge in [-0.25, -0.2) is 15.0 Å². The summed E-state index contributed by atoms with van der Waals surface area (Å²) in [5.74, 6) is 0.271. The van der Waals surface area contributed by atoms with Gasteiger partial charge in [0.25, 0.3) is 0 Å². The Morgan fingerprint density at radius 1 is 1.62 bits per heavy atom. The second-order valence-electron chi connectivity index (χ2n) is 4.57. The summed E-state index contributed by atoms with van der Waals surface area (Å²) in [4.78, 5) is 14.9. The largest absolute Gasteiger partial charge is 0.390 e. The van der Waals surface area contributed by atoms with Gasteiger partial charge in [-0.05, 0) is 5.53 Å². The third-order valence-corrected chi connectivity index (χ3v) is 4.48. The topological polar surface area (TPSA) is 148 Å². The number of nitrogens with zero attached hydrogens (tertiary/aromatic N) is 7. The average Bonchev–Trinajstić information content (AvgIpc) is 3.03. The fraction of sp³-hybridized carbons (Fsp3) is 0.500. The third-order valence-electron chi connectivity index (χ3n) is 3.39. The normalized spacial score (nSPS) is 28.7. The van der Waals surface area contributed by atoms with Gasteiger partial charge in [0.05, 0.1) is 12.4 Å². The van der Waals surface area contributed by atoms with E-state index in [2.05, 4.69) is 25.0 Å². The molecule has 10 nitrogen and oxygen atoms in total. The van der Waals surface area contributed by atoms with Crippen LogP contribution in [-0.4, -0.2) is 40.9 Å². The summed E-state index contributed by atoms with van der Waals surface area (Å²) in [5.41, 5.74) is 14.1. The van der Waals surface area contributed by atoms with Crippen LogP contribution in [0.4, 0.5) is 5.82 Å². The van der Waals surface area contributed by atoms with Gasteiger partial charge in [-0.3, -0.25) is 4.57 Å². The lowest BCUT2D eigenvalue weighted by atomic mass is 10.1. The maximum atomic E-state index is 10.2. The van der Waals surface area contributed by atoms with Crippen molar-refractivity contribution in [1.29, 1.82) is 0 Å². The first-order valence-electron chi connectivity index (χ1n) is 6.02. The fourth-order valence-corrected chi connectivity index (χ4v) is 3.14. The zero-order valence-corrected chi connectivity index (χ0v) is 12.8. The van der Waals surface area contributed by atoms with Crippen LogP contribution >= 0.6 is 22.6 Å². The van der Waals surface area contributed by atoms with Gasteiger partial charge in [0, 0.05) is 15.8 Å². The molecule has 3 rings (SSSR count). The molecule has 1 fully saturated rings.